The van der Waals surface area contributed by atoms with Crippen molar-refractivity contribution in [2.75, 3.05) is 13.2 Å². The van der Waals surface area contributed by atoms with Crippen LogP contribution in [0.15, 0.2) is 30.3 Å². The molecule has 0 amide bonds. The van der Waals surface area contributed by atoms with E-state index in [1.54, 1.807) is 0 Å². The molecule has 1 aromatic rings. The van der Waals surface area contributed by atoms with Crippen LogP contribution in [0.2, 0.25) is 0 Å². The fourth-order valence-electron chi connectivity index (χ4n) is 2.11. The van der Waals surface area contributed by atoms with Crippen molar-refractivity contribution in [2.24, 2.45) is 11.7 Å². The summed E-state index contributed by atoms with van der Waals surface area (Å²) in [6, 6.07) is 10.1. The van der Waals surface area contributed by atoms with Gasteiger partial charge in [0.2, 0.25) is 0 Å². The van der Waals surface area contributed by atoms with Gasteiger partial charge in [0, 0.05) is 18.0 Å². The normalized spacial score (nSPS) is 29.9. The monoisotopic (exact) mass is 221 g/mol. The topological polar surface area (TPSA) is 44.5 Å². The second kappa shape index (κ2) is 4.53. The van der Waals surface area contributed by atoms with Gasteiger partial charge in [-0.15, -0.1) is 0 Å². The predicted octanol–water partition coefficient (Wildman–Crippen LogP) is 1.87. The van der Waals surface area contributed by atoms with Gasteiger partial charge in [0.05, 0.1) is 12.7 Å². The molecular weight excluding hydrogens is 202 g/mol. The highest BCUT2D eigenvalue weighted by Gasteiger charge is 2.45. The second-order valence-electron chi connectivity index (χ2n) is 4.47. The number of hydrogen-bond acceptors (Lipinski definition) is 3. The average molecular weight is 221 g/mol. The lowest BCUT2D eigenvalue weighted by molar-refractivity contribution is -0.206. The van der Waals surface area contributed by atoms with Crippen molar-refractivity contribution in [1.82, 2.24) is 0 Å². The standard InChI is InChI=1S/C13H19NO2/c1-10(2)13(11-6-4-3-5-7-11)15-9-12(8-14)16-13/h3-7,10,12H,8-9,14H2,1-2H3. The first-order valence-electron chi connectivity index (χ1n) is 5.76. The van der Waals surface area contributed by atoms with Crippen molar-refractivity contribution in [3.63, 3.8) is 0 Å². The molecule has 1 aliphatic rings. The van der Waals surface area contributed by atoms with Gasteiger partial charge in [-0.2, -0.15) is 0 Å². The van der Waals surface area contributed by atoms with Gasteiger partial charge in [0.15, 0.2) is 5.79 Å². The van der Waals surface area contributed by atoms with E-state index in [0.717, 1.165) is 5.56 Å². The van der Waals surface area contributed by atoms with E-state index < -0.39 is 5.79 Å². The molecule has 88 valence electrons. The summed E-state index contributed by atoms with van der Waals surface area (Å²) in [6.07, 6.45) is 0.00241. The molecule has 1 aromatic carbocycles. The molecule has 0 aromatic heterocycles. The van der Waals surface area contributed by atoms with E-state index in [4.69, 9.17) is 15.2 Å². The number of ether oxygens (including phenoxy) is 2. The molecule has 1 heterocycles. The van der Waals surface area contributed by atoms with Crippen LogP contribution in [0.1, 0.15) is 19.4 Å². The van der Waals surface area contributed by atoms with Crippen LogP contribution in [0.4, 0.5) is 0 Å². The minimum absolute atomic E-state index is 0.00241. The maximum atomic E-state index is 6.00. The molecule has 16 heavy (non-hydrogen) atoms. The maximum absolute atomic E-state index is 6.00. The van der Waals surface area contributed by atoms with Gasteiger partial charge in [-0.25, -0.2) is 0 Å². The molecule has 2 unspecified atom stereocenters. The molecule has 0 saturated carbocycles. The van der Waals surface area contributed by atoms with Crippen molar-refractivity contribution >= 4 is 0 Å². The first-order chi connectivity index (χ1) is 7.69. The van der Waals surface area contributed by atoms with E-state index in [2.05, 4.69) is 13.8 Å². The van der Waals surface area contributed by atoms with E-state index >= 15 is 0 Å². The van der Waals surface area contributed by atoms with E-state index in [1.807, 2.05) is 30.3 Å². The molecular formula is C13H19NO2. The number of benzene rings is 1. The molecule has 0 radical (unpaired) electrons. The third-order valence-corrected chi connectivity index (χ3v) is 3.02. The summed E-state index contributed by atoms with van der Waals surface area (Å²) in [5, 5.41) is 0. The Morgan fingerprint density at radius 2 is 2.06 bits per heavy atom. The SMILES string of the molecule is CC(C)C1(c2ccccc2)OCC(CN)O1. The molecule has 2 atom stereocenters. The highest BCUT2D eigenvalue weighted by molar-refractivity contribution is 5.21. The van der Waals surface area contributed by atoms with Gasteiger partial charge in [0.1, 0.15) is 0 Å². The van der Waals surface area contributed by atoms with Crippen LogP contribution < -0.4 is 5.73 Å². The third kappa shape index (κ3) is 1.86. The van der Waals surface area contributed by atoms with Crippen molar-refractivity contribution in [1.29, 1.82) is 0 Å². The van der Waals surface area contributed by atoms with Gasteiger partial charge in [-0.05, 0) is 0 Å². The number of hydrogen-bond donors (Lipinski definition) is 1. The lowest BCUT2D eigenvalue weighted by Crippen LogP contribution is -2.35. The first kappa shape index (κ1) is 11.6. The Balaban J connectivity index is 2.31. The summed E-state index contributed by atoms with van der Waals surface area (Å²) in [6.45, 7) is 5.28. The number of rotatable bonds is 3. The zero-order valence-corrected chi connectivity index (χ0v) is 9.85. The predicted molar refractivity (Wildman–Crippen MR) is 62.8 cm³/mol. The first-order valence-corrected chi connectivity index (χ1v) is 5.76. The van der Waals surface area contributed by atoms with Crippen LogP contribution >= 0.6 is 0 Å². The van der Waals surface area contributed by atoms with Crippen LogP contribution in [-0.4, -0.2) is 19.3 Å². The quantitative estimate of drug-likeness (QED) is 0.847. The Kier molecular flexibility index (Phi) is 3.28. The molecule has 2 rings (SSSR count). The van der Waals surface area contributed by atoms with E-state index in [-0.39, 0.29) is 12.0 Å². The van der Waals surface area contributed by atoms with Crippen molar-refractivity contribution in [3.05, 3.63) is 35.9 Å². The summed E-state index contributed by atoms with van der Waals surface area (Å²) in [5.74, 6) is -0.364. The van der Waals surface area contributed by atoms with Gasteiger partial charge in [0.25, 0.3) is 0 Å². The molecule has 0 spiro atoms. The largest absolute Gasteiger partial charge is 0.343 e. The average Bonchev–Trinajstić information content (AvgIpc) is 2.75. The van der Waals surface area contributed by atoms with Gasteiger partial charge < -0.3 is 15.2 Å². The molecule has 3 heteroatoms. The molecule has 1 fully saturated rings. The van der Waals surface area contributed by atoms with Gasteiger partial charge in [-0.1, -0.05) is 44.2 Å². The van der Waals surface area contributed by atoms with E-state index in [9.17, 15) is 0 Å². The number of nitrogens with two attached hydrogens (primary N) is 1. The fourth-order valence-corrected chi connectivity index (χ4v) is 2.11. The molecule has 0 aliphatic carbocycles. The van der Waals surface area contributed by atoms with Crippen molar-refractivity contribution in [2.45, 2.75) is 25.7 Å². The minimum atomic E-state index is -0.620. The molecule has 0 bridgehead atoms. The summed E-state index contributed by atoms with van der Waals surface area (Å²) < 4.78 is 11.9. The zero-order valence-electron chi connectivity index (χ0n) is 9.85. The zero-order chi connectivity index (χ0) is 11.6. The fraction of sp³-hybridized carbons (Fsp3) is 0.538. The van der Waals surface area contributed by atoms with E-state index in [0.29, 0.717) is 13.2 Å². The molecule has 2 N–H and O–H groups in total. The summed E-state index contributed by atoms with van der Waals surface area (Å²) in [7, 11) is 0. The lowest BCUT2D eigenvalue weighted by Gasteiger charge is -2.32. The van der Waals surface area contributed by atoms with Crippen LogP contribution in [0.25, 0.3) is 0 Å². The van der Waals surface area contributed by atoms with Crippen LogP contribution in [-0.2, 0) is 15.3 Å². The summed E-state index contributed by atoms with van der Waals surface area (Å²) in [5.41, 5.74) is 6.70. The van der Waals surface area contributed by atoms with Gasteiger partial charge >= 0.3 is 0 Å². The molecule has 3 nitrogen and oxygen atoms in total. The van der Waals surface area contributed by atoms with Crippen LogP contribution in [0, 0.1) is 5.92 Å². The molecule has 1 aliphatic heterocycles. The van der Waals surface area contributed by atoms with Crippen LogP contribution in [0.3, 0.4) is 0 Å². The molecule has 1 saturated heterocycles. The summed E-state index contributed by atoms with van der Waals surface area (Å²) in [4.78, 5) is 0. The Morgan fingerprint density at radius 3 is 2.56 bits per heavy atom. The smallest absolute Gasteiger partial charge is 0.197 e. The van der Waals surface area contributed by atoms with Gasteiger partial charge in [-0.3, -0.25) is 0 Å². The van der Waals surface area contributed by atoms with Crippen LogP contribution in [0.5, 0.6) is 0 Å². The Morgan fingerprint density at radius 1 is 1.38 bits per heavy atom. The Labute approximate surface area is 96.5 Å². The highest BCUT2D eigenvalue weighted by Crippen LogP contribution is 2.40. The Bertz CT molecular complexity index is 339. The van der Waals surface area contributed by atoms with Crippen molar-refractivity contribution < 1.29 is 9.47 Å². The minimum Gasteiger partial charge on any atom is -0.343 e. The van der Waals surface area contributed by atoms with Crippen molar-refractivity contribution in [3.8, 4) is 0 Å². The maximum Gasteiger partial charge on any atom is 0.197 e. The van der Waals surface area contributed by atoms with E-state index in [1.165, 1.54) is 0 Å². The highest BCUT2D eigenvalue weighted by atomic mass is 16.7. The lowest BCUT2D eigenvalue weighted by atomic mass is 9.94. The second-order valence-corrected chi connectivity index (χ2v) is 4.47. The summed E-state index contributed by atoms with van der Waals surface area (Å²) >= 11 is 0. The third-order valence-electron chi connectivity index (χ3n) is 3.02. The Hall–Kier alpha value is -0.900.